The van der Waals surface area contributed by atoms with Crippen molar-refractivity contribution < 1.29 is 0 Å². The number of aromatic nitrogens is 3. The molecule has 0 saturated carbocycles. The molecule has 2 atom stereocenters. The summed E-state index contributed by atoms with van der Waals surface area (Å²) in [6.07, 6.45) is 1.92. The number of nitrogens with one attached hydrogen (secondary N) is 1. The summed E-state index contributed by atoms with van der Waals surface area (Å²) in [6.45, 7) is 20.1. The monoisotopic (exact) mass is 360 g/mol. The van der Waals surface area contributed by atoms with E-state index in [4.69, 9.17) is 20.7 Å². The average Bonchev–Trinajstić information content (AvgIpc) is 2.29. The van der Waals surface area contributed by atoms with Crippen LogP contribution in [0.2, 0.25) is 0 Å². The lowest BCUT2D eigenvalue weighted by Crippen LogP contribution is -2.69. The van der Waals surface area contributed by atoms with Crippen molar-refractivity contribution >= 4 is 11.9 Å². The van der Waals surface area contributed by atoms with Crippen LogP contribution in [0.15, 0.2) is 0 Å². The second-order valence-electron chi connectivity index (χ2n) is 11.2. The minimum atomic E-state index is -0.146. The van der Waals surface area contributed by atoms with E-state index in [-0.39, 0.29) is 34.0 Å². The second-order valence-corrected chi connectivity index (χ2v) is 11.2. The standard InChI is InChI=1S/C20H36N6/c1-17(2,3)11-18(4,5)25-15-22-14-13-12(21)10-19(6,7)26(20(13,8)9)16(23-14)24-15/h12-13H,10-11,21H2,1-9H3,(H,22,23,24,25). The molecular formula is C20H36N6. The molecule has 3 N–H and O–H groups in total. The summed E-state index contributed by atoms with van der Waals surface area (Å²) in [5.41, 5.74) is 6.47. The van der Waals surface area contributed by atoms with Gasteiger partial charge in [-0.15, -0.1) is 0 Å². The largest absolute Gasteiger partial charge is 0.349 e. The van der Waals surface area contributed by atoms with E-state index in [2.05, 4.69) is 72.5 Å². The first kappa shape index (κ1) is 19.3. The Labute approximate surface area is 158 Å². The predicted octanol–water partition coefficient (Wildman–Crippen LogP) is 3.69. The van der Waals surface area contributed by atoms with Crippen LogP contribution in [0.3, 0.4) is 0 Å². The molecule has 6 nitrogen and oxygen atoms in total. The third-order valence-corrected chi connectivity index (χ3v) is 5.65. The van der Waals surface area contributed by atoms with Crippen molar-refractivity contribution in [2.45, 2.75) is 104 Å². The Hall–Kier alpha value is -1.43. The SMILES string of the molecule is CC(C)(C)CC(C)(C)Nc1nc2nc(n1)N1C(C)(C)CC(N)C2C1(C)C. The molecule has 0 aliphatic carbocycles. The summed E-state index contributed by atoms with van der Waals surface area (Å²) in [5, 5.41) is 3.55. The number of fused-ring (bicyclic) bond motifs is 6. The van der Waals surface area contributed by atoms with Crippen LogP contribution in [0.5, 0.6) is 0 Å². The Morgan fingerprint density at radius 1 is 1.08 bits per heavy atom. The van der Waals surface area contributed by atoms with Gasteiger partial charge in [-0.25, -0.2) is 0 Å². The van der Waals surface area contributed by atoms with E-state index in [9.17, 15) is 0 Å². The van der Waals surface area contributed by atoms with Crippen LogP contribution in [0.25, 0.3) is 0 Å². The molecule has 4 bridgehead atoms. The summed E-state index contributed by atoms with van der Waals surface area (Å²) in [7, 11) is 0. The van der Waals surface area contributed by atoms with Gasteiger partial charge in [0.25, 0.3) is 0 Å². The molecule has 26 heavy (non-hydrogen) atoms. The van der Waals surface area contributed by atoms with E-state index in [0.717, 1.165) is 24.6 Å². The van der Waals surface area contributed by atoms with Crippen LogP contribution in [0.1, 0.15) is 86.9 Å². The summed E-state index contributed by atoms with van der Waals surface area (Å²) in [5.74, 6) is 2.36. The molecule has 146 valence electrons. The van der Waals surface area contributed by atoms with E-state index in [1.54, 1.807) is 0 Å². The van der Waals surface area contributed by atoms with Gasteiger partial charge in [0.2, 0.25) is 11.9 Å². The Morgan fingerprint density at radius 2 is 1.69 bits per heavy atom. The van der Waals surface area contributed by atoms with Crippen molar-refractivity contribution in [3.63, 3.8) is 0 Å². The van der Waals surface area contributed by atoms with Crippen molar-refractivity contribution in [2.24, 2.45) is 11.1 Å². The van der Waals surface area contributed by atoms with Crippen molar-refractivity contribution in [1.29, 1.82) is 0 Å². The van der Waals surface area contributed by atoms with Crippen LogP contribution < -0.4 is 16.0 Å². The van der Waals surface area contributed by atoms with Crippen LogP contribution >= 0.6 is 0 Å². The summed E-state index contributed by atoms with van der Waals surface area (Å²) >= 11 is 0. The van der Waals surface area contributed by atoms with Gasteiger partial charge in [-0.2, -0.15) is 15.0 Å². The fourth-order valence-corrected chi connectivity index (χ4v) is 5.61. The first-order valence-electron chi connectivity index (χ1n) is 9.73. The molecule has 0 radical (unpaired) electrons. The minimum absolute atomic E-state index is 0.0437. The van der Waals surface area contributed by atoms with Crippen molar-refractivity contribution in [3.8, 4) is 0 Å². The number of anilines is 2. The molecule has 0 aromatic carbocycles. The topological polar surface area (TPSA) is 80.0 Å². The first-order chi connectivity index (χ1) is 11.6. The highest BCUT2D eigenvalue weighted by Gasteiger charge is 2.56. The normalized spacial score (nSPS) is 26.6. The molecule has 0 spiro atoms. The quantitative estimate of drug-likeness (QED) is 0.856. The molecule has 1 aromatic heterocycles. The second kappa shape index (κ2) is 5.54. The van der Waals surface area contributed by atoms with Gasteiger partial charge in [-0.1, -0.05) is 20.8 Å². The zero-order chi connectivity index (χ0) is 19.7. The highest BCUT2D eigenvalue weighted by molar-refractivity contribution is 5.51. The van der Waals surface area contributed by atoms with Gasteiger partial charge in [-0.05, 0) is 59.8 Å². The van der Waals surface area contributed by atoms with Gasteiger partial charge in [0.15, 0.2) is 0 Å². The molecule has 0 amide bonds. The molecule has 2 aliphatic heterocycles. The average molecular weight is 361 g/mol. The number of rotatable bonds is 3. The van der Waals surface area contributed by atoms with Gasteiger partial charge in [0.05, 0.1) is 5.92 Å². The number of nitrogens with two attached hydrogens (primary N) is 1. The molecule has 1 aromatic rings. The number of hydrogen-bond acceptors (Lipinski definition) is 6. The maximum Gasteiger partial charge on any atom is 0.231 e. The third kappa shape index (κ3) is 3.28. The lowest BCUT2D eigenvalue weighted by molar-refractivity contribution is 0.166. The van der Waals surface area contributed by atoms with Crippen LogP contribution in [0, 0.1) is 5.41 Å². The fraction of sp³-hybridized carbons (Fsp3) is 0.850. The van der Waals surface area contributed by atoms with Crippen LogP contribution in [-0.2, 0) is 0 Å². The molecule has 3 rings (SSSR count). The Balaban J connectivity index is 2.01. The first-order valence-corrected chi connectivity index (χ1v) is 9.73. The predicted molar refractivity (Wildman–Crippen MR) is 108 cm³/mol. The molecule has 6 heteroatoms. The summed E-state index contributed by atoms with van der Waals surface area (Å²) in [6, 6.07) is 0.0437. The van der Waals surface area contributed by atoms with Crippen molar-refractivity contribution in [1.82, 2.24) is 15.0 Å². The number of nitrogens with zero attached hydrogens (tertiary/aromatic N) is 4. The van der Waals surface area contributed by atoms with Crippen molar-refractivity contribution in [2.75, 3.05) is 10.2 Å². The van der Waals surface area contributed by atoms with E-state index in [1.165, 1.54) is 0 Å². The molecule has 2 unspecified atom stereocenters. The smallest absolute Gasteiger partial charge is 0.231 e. The van der Waals surface area contributed by atoms with Crippen molar-refractivity contribution in [3.05, 3.63) is 5.82 Å². The lowest BCUT2D eigenvalue weighted by Gasteiger charge is -2.60. The maximum absolute atomic E-state index is 6.59. The van der Waals surface area contributed by atoms with Crippen LogP contribution in [-0.4, -0.2) is 37.6 Å². The molecule has 2 aliphatic rings. The highest BCUT2D eigenvalue weighted by Crippen LogP contribution is 2.50. The summed E-state index contributed by atoms with van der Waals surface area (Å²) in [4.78, 5) is 16.7. The molecular weight excluding hydrogens is 324 g/mol. The zero-order valence-electron chi connectivity index (χ0n) is 17.9. The Bertz CT molecular complexity index is 701. The minimum Gasteiger partial charge on any atom is -0.349 e. The third-order valence-electron chi connectivity index (χ3n) is 5.65. The summed E-state index contributed by atoms with van der Waals surface area (Å²) < 4.78 is 0. The van der Waals surface area contributed by atoms with Crippen LogP contribution in [0.4, 0.5) is 11.9 Å². The highest BCUT2D eigenvalue weighted by atomic mass is 15.4. The zero-order valence-corrected chi connectivity index (χ0v) is 17.9. The fourth-order valence-electron chi connectivity index (χ4n) is 5.61. The maximum atomic E-state index is 6.59. The van der Waals surface area contributed by atoms with Gasteiger partial charge >= 0.3 is 0 Å². The van der Waals surface area contributed by atoms with Gasteiger partial charge < -0.3 is 16.0 Å². The van der Waals surface area contributed by atoms with Gasteiger partial charge in [0, 0.05) is 22.7 Å². The van der Waals surface area contributed by atoms with Gasteiger partial charge in [-0.3, -0.25) is 0 Å². The van der Waals surface area contributed by atoms with E-state index in [0.29, 0.717) is 5.95 Å². The van der Waals surface area contributed by atoms with E-state index in [1.807, 2.05) is 0 Å². The Morgan fingerprint density at radius 3 is 2.27 bits per heavy atom. The number of hydrogen-bond donors (Lipinski definition) is 2. The number of piperidine rings is 1. The van der Waals surface area contributed by atoms with E-state index < -0.39 is 0 Å². The van der Waals surface area contributed by atoms with Gasteiger partial charge in [0.1, 0.15) is 5.82 Å². The molecule has 3 heterocycles. The van der Waals surface area contributed by atoms with E-state index >= 15 is 0 Å². The Kier molecular flexibility index (Phi) is 4.12. The molecule has 1 fully saturated rings. The lowest BCUT2D eigenvalue weighted by atomic mass is 9.68. The molecule has 1 saturated heterocycles.